The molecule has 0 saturated carbocycles. The van der Waals surface area contributed by atoms with E-state index in [2.05, 4.69) is 0 Å². The molecule has 20 heavy (non-hydrogen) atoms. The number of nitrogens with two attached hydrogens (primary N) is 1. The van der Waals surface area contributed by atoms with Gasteiger partial charge in [0.1, 0.15) is 0 Å². The summed E-state index contributed by atoms with van der Waals surface area (Å²) in [6.45, 7) is 7.23. The second-order valence-corrected chi connectivity index (χ2v) is 6.09. The van der Waals surface area contributed by atoms with Gasteiger partial charge in [-0.05, 0) is 37.5 Å². The molecule has 0 aromatic rings. The number of carbonyl (C=O) groups is 2. The zero-order chi connectivity index (χ0) is 15.3. The average Bonchev–Trinajstić information content (AvgIpc) is 2.45. The van der Waals surface area contributed by atoms with Crippen molar-refractivity contribution in [2.45, 2.75) is 58.4 Å². The lowest BCUT2D eigenvalue weighted by molar-refractivity contribution is -0.140. The Kier molecular flexibility index (Phi) is 5.99. The number of hydrogen-bond acceptors (Lipinski definition) is 3. The molecule has 0 aliphatic carbocycles. The summed E-state index contributed by atoms with van der Waals surface area (Å²) in [5.74, 6) is -0.383. The summed E-state index contributed by atoms with van der Waals surface area (Å²) >= 11 is 0. The molecule has 0 spiro atoms. The molecule has 5 heteroatoms. The predicted molar refractivity (Wildman–Crippen MR) is 78.2 cm³/mol. The summed E-state index contributed by atoms with van der Waals surface area (Å²) in [6, 6.07) is 0. The van der Waals surface area contributed by atoms with E-state index in [-0.39, 0.29) is 24.2 Å². The van der Waals surface area contributed by atoms with Gasteiger partial charge in [-0.3, -0.25) is 9.59 Å². The number of nitrogens with zero attached hydrogens (tertiary/aromatic N) is 1. The molecule has 1 amide bonds. The van der Waals surface area contributed by atoms with Crippen LogP contribution in [0.15, 0.2) is 0 Å². The van der Waals surface area contributed by atoms with Gasteiger partial charge in [-0.15, -0.1) is 0 Å². The quantitative estimate of drug-likeness (QED) is 0.779. The summed E-state index contributed by atoms with van der Waals surface area (Å²) in [4.78, 5) is 25.2. The number of piperidine rings is 1. The molecular weight excluding hydrogens is 256 g/mol. The van der Waals surface area contributed by atoms with Crippen molar-refractivity contribution in [2.24, 2.45) is 17.6 Å². The van der Waals surface area contributed by atoms with Crippen LogP contribution in [0, 0.1) is 11.8 Å². The predicted octanol–water partition coefficient (Wildman–Crippen LogP) is 1.85. The summed E-state index contributed by atoms with van der Waals surface area (Å²) in [6.07, 6.45) is 3.36. The van der Waals surface area contributed by atoms with E-state index in [1.54, 1.807) is 0 Å². The van der Waals surface area contributed by atoms with Crippen LogP contribution < -0.4 is 5.73 Å². The Morgan fingerprint density at radius 3 is 2.50 bits per heavy atom. The van der Waals surface area contributed by atoms with E-state index in [0.717, 1.165) is 19.4 Å². The number of carbonyl (C=O) groups excluding carboxylic acids is 1. The molecule has 3 N–H and O–H groups in total. The van der Waals surface area contributed by atoms with Crippen LogP contribution in [0.2, 0.25) is 0 Å². The number of likely N-dealkylation sites (tertiary alicyclic amines) is 1. The molecule has 1 fully saturated rings. The highest BCUT2D eigenvalue weighted by molar-refractivity contribution is 5.86. The Balaban J connectivity index is 2.69. The van der Waals surface area contributed by atoms with Crippen molar-refractivity contribution in [1.82, 2.24) is 4.90 Å². The van der Waals surface area contributed by atoms with Crippen molar-refractivity contribution in [3.05, 3.63) is 0 Å². The molecule has 1 saturated heterocycles. The normalized spacial score (nSPS) is 21.6. The lowest BCUT2D eigenvalue weighted by atomic mass is 9.83. The molecule has 0 aromatic heterocycles. The first-order valence-electron chi connectivity index (χ1n) is 7.64. The highest BCUT2D eigenvalue weighted by atomic mass is 16.4. The Labute approximate surface area is 121 Å². The van der Waals surface area contributed by atoms with Crippen LogP contribution in [-0.4, -0.2) is 40.5 Å². The van der Waals surface area contributed by atoms with Crippen LogP contribution in [0.5, 0.6) is 0 Å². The van der Waals surface area contributed by atoms with Crippen LogP contribution in [-0.2, 0) is 9.59 Å². The van der Waals surface area contributed by atoms with E-state index in [1.807, 2.05) is 25.7 Å². The minimum atomic E-state index is -0.767. The van der Waals surface area contributed by atoms with Crippen LogP contribution in [0.4, 0.5) is 0 Å². The maximum absolute atomic E-state index is 12.6. The van der Waals surface area contributed by atoms with Gasteiger partial charge in [0, 0.05) is 19.5 Å². The molecule has 116 valence electrons. The Hall–Kier alpha value is -1.10. The van der Waals surface area contributed by atoms with Crippen LogP contribution in [0.1, 0.15) is 52.9 Å². The number of amides is 1. The molecule has 0 bridgehead atoms. The van der Waals surface area contributed by atoms with E-state index >= 15 is 0 Å². The summed E-state index contributed by atoms with van der Waals surface area (Å²) in [5, 5.41) is 8.89. The second kappa shape index (κ2) is 7.07. The third kappa shape index (κ3) is 3.95. The van der Waals surface area contributed by atoms with Crippen LogP contribution >= 0.6 is 0 Å². The molecule has 1 heterocycles. The molecular formula is C15H28N2O3. The zero-order valence-electron chi connectivity index (χ0n) is 12.9. The van der Waals surface area contributed by atoms with Crippen molar-refractivity contribution in [1.29, 1.82) is 0 Å². The summed E-state index contributed by atoms with van der Waals surface area (Å²) in [5.41, 5.74) is 5.42. The number of aliphatic carboxylic acids is 1. The van der Waals surface area contributed by atoms with E-state index in [0.29, 0.717) is 19.4 Å². The standard InChI is InChI=1S/C15H28N2O3/c1-4-15(16,5-2)14(20)17-8-6-7-12(10-17)11(3)9-13(18)19/h11-12H,4-10,16H2,1-3H3,(H,18,19). The van der Waals surface area contributed by atoms with Gasteiger partial charge >= 0.3 is 5.97 Å². The van der Waals surface area contributed by atoms with Gasteiger partial charge in [0.15, 0.2) is 0 Å². The van der Waals surface area contributed by atoms with Crippen molar-refractivity contribution in [3.8, 4) is 0 Å². The maximum Gasteiger partial charge on any atom is 0.303 e. The minimum Gasteiger partial charge on any atom is -0.481 e. The third-order valence-corrected chi connectivity index (χ3v) is 4.73. The molecule has 1 aliphatic rings. The summed E-state index contributed by atoms with van der Waals surface area (Å²) in [7, 11) is 0. The van der Waals surface area contributed by atoms with Crippen molar-refractivity contribution in [3.63, 3.8) is 0 Å². The molecule has 5 nitrogen and oxygen atoms in total. The molecule has 0 radical (unpaired) electrons. The van der Waals surface area contributed by atoms with Gasteiger partial charge in [0.05, 0.1) is 5.54 Å². The van der Waals surface area contributed by atoms with Crippen molar-refractivity contribution in [2.75, 3.05) is 13.1 Å². The first kappa shape index (κ1) is 17.0. The zero-order valence-corrected chi connectivity index (χ0v) is 12.9. The van der Waals surface area contributed by atoms with Gasteiger partial charge in [0.25, 0.3) is 0 Å². The Morgan fingerprint density at radius 2 is 2.00 bits per heavy atom. The SMILES string of the molecule is CCC(N)(CC)C(=O)N1CCCC(C(C)CC(=O)O)C1. The average molecular weight is 284 g/mol. The largest absolute Gasteiger partial charge is 0.481 e. The van der Waals surface area contributed by atoms with Gasteiger partial charge in [0.2, 0.25) is 5.91 Å². The van der Waals surface area contributed by atoms with E-state index in [9.17, 15) is 9.59 Å². The fraction of sp³-hybridized carbons (Fsp3) is 0.867. The molecule has 1 aliphatic heterocycles. The van der Waals surface area contributed by atoms with E-state index in [4.69, 9.17) is 10.8 Å². The molecule has 2 atom stereocenters. The highest BCUT2D eigenvalue weighted by Crippen LogP contribution is 2.28. The van der Waals surface area contributed by atoms with E-state index < -0.39 is 11.5 Å². The molecule has 1 rings (SSSR count). The topological polar surface area (TPSA) is 83.6 Å². The van der Waals surface area contributed by atoms with Gasteiger partial charge in [-0.25, -0.2) is 0 Å². The Bertz CT molecular complexity index is 353. The van der Waals surface area contributed by atoms with Crippen molar-refractivity contribution >= 4 is 11.9 Å². The van der Waals surface area contributed by atoms with Crippen LogP contribution in [0.25, 0.3) is 0 Å². The van der Waals surface area contributed by atoms with E-state index in [1.165, 1.54) is 0 Å². The monoisotopic (exact) mass is 284 g/mol. The number of rotatable bonds is 6. The lowest BCUT2D eigenvalue weighted by Gasteiger charge is -2.39. The number of hydrogen-bond donors (Lipinski definition) is 2. The maximum atomic E-state index is 12.6. The smallest absolute Gasteiger partial charge is 0.303 e. The van der Waals surface area contributed by atoms with Gasteiger partial charge in [-0.2, -0.15) is 0 Å². The minimum absolute atomic E-state index is 0.0229. The fourth-order valence-corrected chi connectivity index (χ4v) is 2.97. The van der Waals surface area contributed by atoms with Crippen molar-refractivity contribution < 1.29 is 14.7 Å². The number of carboxylic acids is 1. The molecule has 0 aromatic carbocycles. The first-order chi connectivity index (χ1) is 9.34. The fourth-order valence-electron chi connectivity index (χ4n) is 2.97. The molecule has 2 unspecified atom stereocenters. The Morgan fingerprint density at radius 1 is 1.40 bits per heavy atom. The van der Waals surface area contributed by atoms with Crippen LogP contribution in [0.3, 0.4) is 0 Å². The van der Waals surface area contributed by atoms with Gasteiger partial charge < -0.3 is 15.7 Å². The third-order valence-electron chi connectivity index (χ3n) is 4.73. The first-order valence-corrected chi connectivity index (χ1v) is 7.64. The highest BCUT2D eigenvalue weighted by Gasteiger charge is 2.37. The van der Waals surface area contributed by atoms with Gasteiger partial charge in [-0.1, -0.05) is 20.8 Å². The summed E-state index contributed by atoms with van der Waals surface area (Å²) < 4.78 is 0. The number of carboxylic acid groups (broad SMARTS) is 1. The second-order valence-electron chi connectivity index (χ2n) is 6.09. The lowest BCUT2D eigenvalue weighted by Crippen LogP contribution is -2.57.